The smallest absolute Gasteiger partial charge is 0.239 e. The van der Waals surface area contributed by atoms with Gasteiger partial charge in [-0.15, -0.1) is 0 Å². The Balaban J connectivity index is 2.00. The standard InChI is InChI=1S/C18H22N3/c1-4-18(5-2)11-15-8-6-7-14-9-10-16-12-19(3)13-20(18)21(16)17(14)15/h6-10,12-13H,4-5,11H2,1-3H3/q+1. The number of hydrazine groups is 1. The summed E-state index contributed by atoms with van der Waals surface area (Å²) in [4.78, 5) is 0. The average molecular weight is 280 g/mol. The Morgan fingerprint density at radius 2 is 2.00 bits per heavy atom. The van der Waals surface area contributed by atoms with Gasteiger partial charge in [-0.3, -0.25) is 0 Å². The number of hydrogen-bond acceptors (Lipinski definition) is 2. The van der Waals surface area contributed by atoms with Crippen molar-refractivity contribution in [1.82, 2.24) is 5.01 Å². The van der Waals surface area contributed by atoms with E-state index in [1.54, 1.807) is 0 Å². The van der Waals surface area contributed by atoms with Crippen LogP contribution in [0.3, 0.4) is 0 Å². The fourth-order valence-electron chi connectivity index (χ4n) is 3.91. The van der Waals surface area contributed by atoms with E-state index in [-0.39, 0.29) is 5.54 Å². The van der Waals surface area contributed by atoms with Gasteiger partial charge >= 0.3 is 0 Å². The molecule has 0 amide bonds. The van der Waals surface area contributed by atoms with Gasteiger partial charge in [0.25, 0.3) is 6.34 Å². The molecule has 0 aromatic heterocycles. The van der Waals surface area contributed by atoms with Crippen LogP contribution in [0.15, 0.2) is 36.2 Å². The quantitative estimate of drug-likeness (QED) is 0.768. The number of anilines is 1. The van der Waals surface area contributed by atoms with Crippen LogP contribution < -0.4 is 5.01 Å². The van der Waals surface area contributed by atoms with Crippen LogP contribution in [0.1, 0.15) is 37.8 Å². The molecule has 0 aliphatic carbocycles. The second-order valence-electron chi connectivity index (χ2n) is 6.29. The van der Waals surface area contributed by atoms with Crippen molar-refractivity contribution in [2.24, 2.45) is 0 Å². The predicted molar refractivity (Wildman–Crippen MR) is 87.1 cm³/mol. The predicted octanol–water partition coefficient (Wildman–Crippen LogP) is 3.38. The van der Waals surface area contributed by atoms with Crippen LogP contribution in [0.4, 0.5) is 5.69 Å². The molecule has 21 heavy (non-hydrogen) atoms. The highest BCUT2D eigenvalue weighted by molar-refractivity contribution is 5.82. The zero-order valence-corrected chi connectivity index (χ0v) is 13.0. The maximum atomic E-state index is 2.47. The summed E-state index contributed by atoms with van der Waals surface area (Å²) in [6, 6.07) is 6.71. The minimum Gasteiger partial charge on any atom is -0.239 e. The maximum Gasteiger partial charge on any atom is 0.263 e. The molecule has 0 atom stereocenters. The summed E-state index contributed by atoms with van der Waals surface area (Å²) in [5.41, 5.74) is 5.60. The molecule has 3 nitrogen and oxygen atoms in total. The lowest BCUT2D eigenvalue weighted by Crippen LogP contribution is -2.62. The number of para-hydroxylation sites is 1. The van der Waals surface area contributed by atoms with Gasteiger partial charge in [0.1, 0.15) is 17.4 Å². The molecule has 3 heteroatoms. The van der Waals surface area contributed by atoms with E-state index in [4.69, 9.17) is 0 Å². The molecule has 0 bridgehead atoms. The Morgan fingerprint density at radius 3 is 2.76 bits per heavy atom. The first-order valence-corrected chi connectivity index (χ1v) is 7.86. The summed E-state index contributed by atoms with van der Waals surface area (Å²) < 4.78 is 2.18. The van der Waals surface area contributed by atoms with Crippen molar-refractivity contribution < 1.29 is 4.58 Å². The normalized spacial score (nSPS) is 20.9. The lowest BCUT2D eigenvalue weighted by molar-refractivity contribution is -0.428. The highest BCUT2D eigenvalue weighted by Gasteiger charge is 2.50. The fraction of sp³-hybridized carbons (Fsp3) is 0.389. The van der Waals surface area contributed by atoms with Crippen LogP contribution >= 0.6 is 0 Å². The third-order valence-corrected chi connectivity index (χ3v) is 5.21. The summed E-state index contributed by atoms with van der Waals surface area (Å²) in [6.07, 6.45) is 12.3. The summed E-state index contributed by atoms with van der Waals surface area (Å²) >= 11 is 0. The first-order valence-electron chi connectivity index (χ1n) is 7.86. The summed E-state index contributed by atoms with van der Waals surface area (Å²) in [5, 5.41) is 4.89. The Hall–Kier alpha value is -2.03. The molecule has 1 aromatic carbocycles. The molecule has 0 spiro atoms. The van der Waals surface area contributed by atoms with Crippen molar-refractivity contribution in [2.45, 2.75) is 38.6 Å². The van der Waals surface area contributed by atoms with E-state index in [2.05, 4.69) is 78.4 Å². The van der Waals surface area contributed by atoms with Crippen LogP contribution in [0.25, 0.3) is 6.08 Å². The Bertz CT molecular complexity index is 692. The van der Waals surface area contributed by atoms with E-state index >= 15 is 0 Å². The zero-order chi connectivity index (χ0) is 14.6. The average Bonchev–Trinajstić information content (AvgIpc) is 2.51. The second kappa shape index (κ2) is 4.23. The third kappa shape index (κ3) is 1.57. The van der Waals surface area contributed by atoms with Gasteiger partial charge in [-0.05, 0) is 24.5 Å². The molecular weight excluding hydrogens is 258 g/mol. The van der Waals surface area contributed by atoms with E-state index in [9.17, 15) is 0 Å². The van der Waals surface area contributed by atoms with Crippen LogP contribution in [-0.4, -0.2) is 28.5 Å². The Labute approximate surface area is 126 Å². The van der Waals surface area contributed by atoms with E-state index in [1.807, 2.05) is 0 Å². The van der Waals surface area contributed by atoms with Crippen molar-refractivity contribution in [1.29, 1.82) is 0 Å². The minimum absolute atomic E-state index is 0.171. The van der Waals surface area contributed by atoms with Gasteiger partial charge in [-0.2, -0.15) is 10.0 Å². The zero-order valence-electron chi connectivity index (χ0n) is 13.0. The van der Waals surface area contributed by atoms with E-state index in [0.717, 1.165) is 19.3 Å². The maximum absolute atomic E-state index is 2.47. The number of benzene rings is 1. The lowest BCUT2D eigenvalue weighted by atomic mass is 9.81. The third-order valence-electron chi connectivity index (χ3n) is 5.21. The molecule has 3 aliphatic heterocycles. The Morgan fingerprint density at radius 1 is 1.19 bits per heavy atom. The van der Waals surface area contributed by atoms with E-state index < -0.39 is 0 Å². The molecule has 3 heterocycles. The highest BCUT2D eigenvalue weighted by atomic mass is 15.7. The van der Waals surface area contributed by atoms with E-state index in [0.29, 0.717) is 0 Å². The van der Waals surface area contributed by atoms with Gasteiger partial charge in [-0.1, -0.05) is 38.1 Å². The SMILES string of the molecule is CCC1(CC)Cc2cccc3c2N2C(=C[N+](C)=CN21)C=C3. The number of allylic oxidation sites excluding steroid dienone is 1. The van der Waals surface area contributed by atoms with Crippen LogP contribution in [-0.2, 0) is 6.42 Å². The molecule has 3 aliphatic rings. The van der Waals surface area contributed by atoms with Crippen molar-refractivity contribution in [3.63, 3.8) is 0 Å². The number of nitrogens with zero attached hydrogens (tertiary/aromatic N) is 3. The van der Waals surface area contributed by atoms with Gasteiger partial charge < -0.3 is 0 Å². The van der Waals surface area contributed by atoms with Crippen LogP contribution in [0, 0.1) is 0 Å². The minimum atomic E-state index is 0.171. The molecule has 0 radical (unpaired) electrons. The number of rotatable bonds is 2. The first-order chi connectivity index (χ1) is 10.2. The van der Waals surface area contributed by atoms with Gasteiger partial charge in [0, 0.05) is 12.0 Å². The summed E-state index contributed by atoms with van der Waals surface area (Å²) in [6.45, 7) is 4.62. The molecule has 0 N–H and O–H groups in total. The molecule has 0 unspecified atom stereocenters. The first kappa shape index (κ1) is 12.7. The highest BCUT2D eigenvalue weighted by Crippen LogP contribution is 2.46. The topological polar surface area (TPSA) is 9.49 Å². The van der Waals surface area contributed by atoms with Crippen LogP contribution in [0.2, 0.25) is 0 Å². The largest absolute Gasteiger partial charge is 0.263 e. The molecule has 108 valence electrons. The lowest BCUT2D eigenvalue weighted by Gasteiger charge is -2.49. The monoisotopic (exact) mass is 280 g/mol. The molecule has 0 saturated carbocycles. The van der Waals surface area contributed by atoms with Crippen molar-refractivity contribution in [3.8, 4) is 0 Å². The molecule has 0 fully saturated rings. The molecule has 1 aromatic rings. The fourth-order valence-corrected chi connectivity index (χ4v) is 3.91. The van der Waals surface area contributed by atoms with Gasteiger partial charge in [0.15, 0.2) is 0 Å². The molecular formula is C18H22N3+. The summed E-state index contributed by atoms with van der Waals surface area (Å²) in [7, 11) is 2.12. The summed E-state index contributed by atoms with van der Waals surface area (Å²) in [5.74, 6) is 0. The van der Waals surface area contributed by atoms with Crippen molar-refractivity contribution >= 4 is 18.1 Å². The van der Waals surface area contributed by atoms with Gasteiger partial charge in [0.05, 0.1) is 12.7 Å². The molecule has 0 saturated heterocycles. The van der Waals surface area contributed by atoms with Crippen molar-refractivity contribution in [2.75, 3.05) is 12.1 Å². The second-order valence-corrected chi connectivity index (χ2v) is 6.29. The number of hydrogen-bond donors (Lipinski definition) is 0. The van der Waals surface area contributed by atoms with Gasteiger partial charge in [-0.25, -0.2) is 4.58 Å². The van der Waals surface area contributed by atoms with Crippen LogP contribution in [0.5, 0.6) is 0 Å². The van der Waals surface area contributed by atoms with E-state index in [1.165, 1.54) is 22.5 Å². The van der Waals surface area contributed by atoms with Gasteiger partial charge in [0.2, 0.25) is 0 Å². The van der Waals surface area contributed by atoms with Crippen molar-refractivity contribution in [3.05, 3.63) is 47.3 Å². The Kier molecular flexibility index (Phi) is 2.56. The molecule has 4 rings (SSSR count).